The highest BCUT2D eigenvalue weighted by Gasteiger charge is 2.21. The maximum atomic E-state index is 13.3. The molecule has 1 amide bonds. The minimum Gasteiger partial charge on any atom is -0.481 e. The lowest BCUT2D eigenvalue weighted by atomic mass is 9.93. The van der Waals surface area contributed by atoms with E-state index >= 15 is 0 Å². The Balaban J connectivity index is 1.77. The Bertz CT molecular complexity index is 473. The number of nitrogens with one attached hydrogen (secondary N) is 1. The molecule has 2 rings (SSSR count). The highest BCUT2D eigenvalue weighted by atomic mass is 19.1. The van der Waals surface area contributed by atoms with Crippen molar-refractivity contribution in [3.8, 4) is 5.75 Å². The number of halogens is 2. The van der Waals surface area contributed by atoms with Gasteiger partial charge in [-0.25, -0.2) is 8.78 Å². The average molecular weight is 285 g/mol. The van der Waals surface area contributed by atoms with Crippen LogP contribution in [-0.4, -0.2) is 29.8 Å². The predicted molar refractivity (Wildman–Crippen MR) is 68.3 cm³/mol. The van der Waals surface area contributed by atoms with Gasteiger partial charge in [0.1, 0.15) is 5.82 Å². The molecule has 0 aromatic heterocycles. The van der Waals surface area contributed by atoms with Gasteiger partial charge in [-0.3, -0.25) is 4.79 Å². The third-order valence-corrected chi connectivity index (χ3v) is 3.31. The zero-order chi connectivity index (χ0) is 14.5. The van der Waals surface area contributed by atoms with Gasteiger partial charge in [0.25, 0.3) is 5.91 Å². The zero-order valence-corrected chi connectivity index (χ0v) is 10.9. The number of amides is 1. The summed E-state index contributed by atoms with van der Waals surface area (Å²) in [5.74, 6) is -2.03. The van der Waals surface area contributed by atoms with E-state index in [1.165, 1.54) is 0 Å². The molecule has 6 heteroatoms. The first kappa shape index (κ1) is 14.7. The van der Waals surface area contributed by atoms with E-state index in [1.54, 1.807) is 0 Å². The predicted octanol–water partition coefficient (Wildman–Crippen LogP) is 1.76. The molecule has 1 aliphatic rings. The van der Waals surface area contributed by atoms with Gasteiger partial charge in [-0.05, 0) is 37.8 Å². The van der Waals surface area contributed by atoms with Crippen LogP contribution in [0.3, 0.4) is 0 Å². The Kier molecular flexibility index (Phi) is 4.89. The Morgan fingerprint density at radius 3 is 2.65 bits per heavy atom. The molecule has 0 heterocycles. The first-order valence-corrected chi connectivity index (χ1v) is 6.60. The molecule has 20 heavy (non-hydrogen) atoms. The van der Waals surface area contributed by atoms with Crippen LogP contribution in [0.1, 0.15) is 25.7 Å². The molecular formula is C14H17F2NO3. The van der Waals surface area contributed by atoms with Gasteiger partial charge < -0.3 is 15.2 Å². The lowest BCUT2D eigenvalue weighted by Gasteiger charge is -2.26. The third-order valence-electron chi connectivity index (χ3n) is 3.31. The summed E-state index contributed by atoms with van der Waals surface area (Å²) < 4.78 is 31.0. The van der Waals surface area contributed by atoms with Gasteiger partial charge in [-0.15, -0.1) is 0 Å². The van der Waals surface area contributed by atoms with Crippen molar-refractivity contribution in [2.45, 2.75) is 37.8 Å². The van der Waals surface area contributed by atoms with Gasteiger partial charge in [0.15, 0.2) is 18.2 Å². The number of hydrogen-bond donors (Lipinski definition) is 2. The van der Waals surface area contributed by atoms with Crippen LogP contribution in [0.15, 0.2) is 18.2 Å². The molecule has 0 bridgehead atoms. The van der Waals surface area contributed by atoms with Gasteiger partial charge in [0, 0.05) is 12.1 Å². The summed E-state index contributed by atoms with van der Waals surface area (Å²) in [5, 5.41) is 12.1. The van der Waals surface area contributed by atoms with E-state index in [-0.39, 0.29) is 30.4 Å². The van der Waals surface area contributed by atoms with Crippen LogP contribution in [0.25, 0.3) is 0 Å². The molecule has 110 valence electrons. The van der Waals surface area contributed by atoms with Crippen molar-refractivity contribution in [3.05, 3.63) is 29.8 Å². The van der Waals surface area contributed by atoms with Crippen molar-refractivity contribution in [1.29, 1.82) is 0 Å². The van der Waals surface area contributed by atoms with Gasteiger partial charge in [0.05, 0.1) is 6.10 Å². The van der Waals surface area contributed by atoms with Crippen LogP contribution >= 0.6 is 0 Å². The maximum absolute atomic E-state index is 13.3. The summed E-state index contributed by atoms with van der Waals surface area (Å²) in [5.41, 5.74) is 0. The first-order valence-electron chi connectivity index (χ1n) is 6.60. The van der Waals surface area contributed by atoms with Crippen molar-refractivity contribution in [2.75, 3.05) is 6.61 Å². The number of aliphatic hydroxyl groups is 1. The maximum Gasteiger partial charge on any atom is 0.258 e. The van der Waals surface area contributed by atoms with E-state index in [9.17, 15) is 18.7 Å². The Hall–Kier alpha value is -1.69. The Morgan fingerprint density at radius 2 is 2.00 bits per heavy atom. The summed E-state index contributed by atoms with van der Waals surface area (Å²) >= 11 is 0. The molecule has 0 saturated heterocycles. The van der Waals surface area contributed by atoms with Crippen molar-refractivity contribution in [3.63, 3.8) is 0 Å². The van der Waals surface area contributed by atoms with E-state index in [0.29, 0.717) is 18.9 Å². The van der Waals surface area contributed by atoms with Crippen LogP contribution in [0.4, 0.5) is 8.78 Å². The zero-order valence-electron chi connectivity index (χ0n) is 10.9. The number of rotatable bonds is 4. The van der Waals surface area contributed by atoms with Crippen LogP contribution in [0.5, 0.6) is 5.75 Å². The minimum atomic E-state index is -0.835. The fourth-order valence-electron chi connectivity index (χ4n) is 2.23. The lowest BCUT2D eigenvalue weighted by molar-refractivity contribution is -0.124. The molecule has 4 nitrogen and oxygen atoms in total. The minimum absolute atomic E-state index is 0.0209. The van der Waals surface area contributed by atoms with E-state index in [4.69, 9.17) is 4.74 Å². The monoisotopic (exact) mass is 285 g/mol. The van der Waals surface area contributed by atoms with Gasteiger partial charge in [-0.2, -0.15) is 0 Å². The van der Waals surface area contributed by atoms with Crippen molar-refractivity contribution in [1.82, 2.24) is 5.32 Å². The summed E-state index contributed by atoms with van der Waals surface area (Å²) in [7, 11) is 0. The normalized spacial score (nSPS) is 22.4. The van der Waals surface area contributed by atoms with Gasteiger partial charge >= 0.3 is 0 Å². The number of carbonyl (C=O) groups is 1. The highest BCUT2D eigenvalue weighted by molar-refractivity contribution is 5.77. The number of carbonyl (C=O) groups excluding carboxylic acids is 1. The Morgan fingerprint density at radius 1 is 1.30 bits per heavy atom. The average Bonchev–Trinajstić information content (AvgIpc) is 2.40. The highest BCUT2D eigenvalue weighted by Crippen LogP contribution is 2.19. The molecule has 0 spiro atoms. The lowest BCUT2D eigenvalue weighted by Crippen LogP contribution is -2.40. The third kappa shape index (κ3) is 4.16. The van der Waals surface area contributed by atoms with Gasteiger partial charge in [0.2, 0.25) is 0 Å². The van der Waals surface area contributed by atoms with E-state index < -0.39 is 11.6 Å². The summed E-state index contributed by atoms with van der Waals surface area (Å²) in [4.78, 5) is 11.6. The molecule has 0 unspecified atom stereocenters. The molecule has 1 aromatic rings. The molecule has 1 aliphatic carbocycles. The Labute approximate surface area is 115 Å². The topological polar surface area (TPSA) is 58.6 Å². The largest absolute Gasteiger partial charge is 0.481 e. The standard InChI is InChI=1S/C14H17F2NO3/c15-9-1-6-13(12(16)7-9)20-8-14(19)17-10-2-4-11(18)5-3-10/h1,6-7,10-11,18H,2-5,8H2,(H,17,19). The van der Waals surface area contributed by atoms with Crippen molar-refractivity contribution >= 4 is 5.91 Å². The van der Waals surface area contributed by atoms with E-state index in [1.807, 2.05) is 0 Å². The van der Waals surface area contributed by atoms with Crippen LogP contribution < -0.4 is 10.1 Å². The summed E-state index contributed by atoms with van der Waals surface area (Å²) in [6.45, 7) is -0.318. The number of ether oxygens (including phenoxy) is 1. The molecule has 1 aromatic carbocycles. The second-order valence-corrected chi connectivity index (χ2v) is 4.94. The molecule has 1 saturated carbocycles. The van der Waals surface area contributed by atoms with Crippen molar-refractivity contribution in [2.24, 2.45) is 0 Å². The van der Waals surface area contributed by atoms with Crippen molar-refractivity contribution < 1.29 is 23.4 Å². The number of benzene rings is 1. The van der Waals surface area contributed by atoms with Crippen LogP contribution in [0, 0.1) is 11.6 Å². The van der Waals surface area contributed by atoms with Crippen LogP contribution in [0.2, 0.25) is 0 Å². The second-order valence-electron chi connectivity index (χ2n) is 4.94. The van der Waals surface area contributed by atoms with Gasteiger partial charge in [-0.1, -0.05) is 0 Å². The number of hydrogen-bond acceptors (Lipinski definition) is 3. The SMILES string of the molecule is O=C(COc1ccc(F)cc1F)NC1CCC(O)CC1. The first-order chi connectivity index (χ1) is 9.54. The second kappa shape index (κ2) is 6.65. The molecule has 0 aliphatic heterocycles. The van der Waals surface area contributed by atoms with E-state index in [2.05, 4.69) is 5.32 Å². The summed E-state index contributed by atoms with van der Waals surface area (Å²) in [6.07, 6.45) is 2.49. The quantitative estimate of drug-likeness (QED) is 0.886. The van der Waals surface area contributed by atoms with Crippen LogP contribution in [-0.2, 0) is 4.79 Å². The number of aliphatic hydroxyl groups excluding tert-OH is 1. The fourth-order valence-corrected chi connectivity index (χ4v) is 2.23. The molecule has 1 fully saturated rings. The molecule has 2 N–H and O–H groups in total. The summed E-state index contributed by atoms with van der Waals surface area (Å²) in [6, 6.07) is 2.94. The molecular weight excluding hydrogens is 268 g/mol. The molecule has 0 atom stereocenters. The fraction of sp³-hybridized carbons (Fsp3) is 0.500. The smallest absolute Gasteiger partial charge is 0.258 e. The van der Waals surface area contributed by atoms with E-state index in [0.717, 1.165) is 25.0 Å². The molecule has 0 radical (unpaired) electrons.